The van der Waals surface area contributed by atoms with Crippen LogP contribution in [0.4, 0.5) is 11.5 Å². The fourth-order valence-electron chi connectivity index (χ4n) is 3.17. The van der Waals surface area contributed by atoms with Crippen LogP contribution in [0.2, 0.25) is 0 Å². The van der Waals surface area contributed by atoms with Crippen molar-refractivity contribution in [2.24, 2.45) is 0 Å². The zero-order chi connectivity index (χ0) is 23.1. The molecule has 1 amide bonds. The molecule has 1 heterocycles. The topological polar surface area (TPSA) is 106 Å². The SMILES string of the molecule is CCN(CC)S(=O)(=O)c1ccc(OC)c(NC(=O)CNc2ccn(-c3ccccc3)n2)c1. The Kier molecular flexibility index (Phi) is 7.49. The van der Waals surface area contributed by atoms with Gasteiger partial charge in [-0.2, -0.15) is 9.40 Å². The molecule has 0 spiro atoms. The Hall–Kier alpha value is -3.37. The van der Waals surface area contributed by atoms with Gasteiger partial charge >= 0.3 is 0 Å². The van der Waals surface area contributed by atoms with Gasteiger partial charge in [0.1, 0.15) is 11.6 Å². The van der Waals surface area contributed by atoms with E-state index in [9.17, 15) is 13.2 Å². The Morgan fingerprint density at radius 3 is 2.47 bits per heavy atom. The van der Waals surface area contributed by atoms with Crippen LogP contribution in [0.1, 0.15) is 13.8 Å². The lowest BCUT2D eigenvalue weighted by Crippen LogP contribution is -2.30. The van der Waals surface area contributed by atoms with Crippen molar-refractivity contribution in [1.29, 1.82) is 0 Å². The van der Waals surface area contributed by atoms with E-state index in [4.69, 9.17) is 4.74 Å². The predicted octanol–water partition coefficient (Wildman–Crippen LogP) is 2.96. The number of nitrogens with one attached hydrogen (secondary N) is 2. The van der Waals surface area contributed by atoms with Crippen LogP contribution in [-0.4, -0.2) is 55.2 Å². The van der Waals surface area contributed by atoms with Crippen molar-refractivity contribution in [3.63, 3.8) is 0 Å². The van der Waals surface area contributed by atoms with Gasteiger partial charge in [-0.25, -0.2) is 13.1 Å². The number of aromatic nitrogens is 2. The molecule has 0 aliphatic rings. The second-order valence-electron chi connectivity index (χ2n) is 6.83. The van der Waals surface area contributed by atoms with Gasteiger partial charge < -0.3 is 15.4 Å². The zero-order valence-electron chi connectivity index (χ0n) is 18.3. The lowest BCUT2D eigenvalue weighted by Gasteiger charge is -2.19. The third-order valence-electron chi connectivity index (χ3n) is 4.83. The summed E-state index contributed by atoms with van der Waals surface area (Å²) < 4.78 is 34.0. The van der Waals surface area contributed by atoms with Crippen molar-refractivity contribution >= 4 is 27.4 Å². The van der Waals surface area contributed by atoms with Crippen LogP contribution in [0.25, 0.3) is 5.69 Å². The van der Waals surface area contributed by atoms with E-state index >= 15 is 0 Å². The highest BCUT2D eigenvalue weighted by Crippen LogP contribution is 2.29. The minimum Gasteiger partial charge on any atom is -0.495 e. The minimum absolute atomic E-state index is 0.0536. The van der Waals surface area contributed by atoms with Gasteiger partial charge in [0.15, 0.2) is 0 Å². The maximum atomic E-state index is 12.8. The summed E-state index contributed by atoms with van der Waals surface area (Å²) in [5.74, 6) is 0.536. The number of carbonyl (C=O) groups excluding carboxylic acids is 1. The Morgan fingerprint density at radius 2 is 1.81 bits per heavy atom. The molecular weight excluding hydrogens is 430 g/mol. The van der Waals surface area contributed by atoms with E-state index in [0.717, 1.165) is 5.69 Å². The molecule has 0 aliphatic heterocycles. The molecule has 170 valence electrons. The number of ether oxygens (including phenoxy) is 1. The van der Waals surface area contributed by atoms with Crippen molar-refractivity contribution < 1.29 is 17.9 Å². The minimum atomic E-state index is -3.67. The number of rotatable bonds is 10. The first kappa shape index (κ1) is 23.3. The highest BCUT2D eigenvalue weighted by Gasteiger charge is 2.23. The Bertz CT molecular complexity index is 1160. The highest BCUT2D eigenvalue weighted by molar-refractivity contribution is 7.89. The molecule has 32 heavy (non-hydrogen) atoms. The average molecular weight is 458 g/mol. The van der Waals surface area contributed by atoms with Crippen LogP contribution in [0.3, 0.4) is 0 Å². The molecule has 3 rings (SSSR count). The monoisotopic (exact) mass is 457 g/mol. The van der Waals surface area contributed by atoms with Crippen LogP contribution in [0.15, 0.2) is 65.7 Å². The van der Waals surface area contributed by atoms with Crippen molar-refractivity contribution in [2.75, 3.05) is 37.4 Å². The number of hydrogen-bond donors (Lipinski definition) is 2. The number of amides is 1. The van der Waals surface area contributed by atoms with Crippen LogP contribution in [0.5, 0.6) is 5.75 Å². The number of benzene rings is 2. The van der Waals surface area contributed by atoms with Gasteiger partial charge in [-0.1, -0.05) is 32.0 Å². The van der Waals surface area contributed by atoms with Crippen LogP contribution < -0.4 is 15.4 Å². The smallest absolute Gasteiger partial charge is 0.243 e. The summed E-state index contributed by atoms with van der Waals surface area (Å²) in [6, 6.07) is 15.8. The number of para-hydroxylation sites is 1. The number of methoxy groups -OCH3 is 1. The standard InChI is InChI=1S/C22H27N5O4S/c1-4-26(5-2)32(29,30)18-11-12-20(31-3)19(15-18)24-22(28)16-23-21-13-14-27(25-21)17-9-7-6-8-10-17/h6-15H,4-5,16H2,1-3H3,(H,23,25)(H,24,28). The average Bonchev–Trinajstić information content (AvgIpc) is 3.28. The molecule has 10 heteroatoms. The molecule has 0 bridgehead atoms. The molecule has 0 atom stereocenters. The van der Waals surface area contributed by atoms with Crippen molar-refractivity contribution in [3.05, 3.63) is 60.8 Å². The summed E-state index contributed by atoms with van der Waals surface area (Å²) in [4.78, 5) is 12.6. The number of hydrogen-bond acceptors (Lipinski definition) is 6. The molecule has 0 unspecified atom stereocenters. The summed E-state index contributed by atoms with van der Waals surface area (Å²) in [5.41, 5.74) is 1.18. The van der Waals surface area contributed by atoms with E-state index in [1.165, 1.54) is 29.6 Å². The van der Waals surface area contributed by atoms with E-state index < -0.39 is 10.0 Å². The van der Waals surface area contributed by atoms with Gasteiger partial charge in [-0.15, -0.1) is 0 Å². The van der Waals surface area contributed by atoms with Gasteiger partial charge in [-0.3, -0.25) is 4.79 Å². The summed E-state index contributed by atoms with van der Waals surface area (Å²) in [5, 5.41) is 10.1. The Balaban J connectivity index is 1.70. The maximum absolute atomic E-state index is 12.8. The van der Waals surface area contributed by atoms with Gasteiger partial charge in [0.25, 0.3) is 0 Å². The van der Waals surface area contributed by atoms with Gasteiger partial charge in [-0.05, 0) is 30.3 Å². The normalized spacial score (nSPS) is 11.4. The number of carbonyl (C=O) groups is 1. The van der Waals surface area contributed by atoms with Crippen LogP contribution in [0, 0.1) is 0 Å². The summed E-state index contributed by atoms with van der Waals surface area (Å²) in [7, 11) is -2.21. The molecule has 0 saturated heterocycles. The van der Waals surface area contributed by atoms with E-state index in [1.807, 2.05) is 30.3 Å². The van der Waals surface area contributed by atoms with Crippen LogP contribution in [-0.2, 0) is 14.8 Å². The zero-order valence-corrected chi connectivity index (χ0v) is 19.1. The number of nitrogens with zero attached hydrogens (tertiary/aromatic N) is 3. The van der Waals surface area contributed by atoms with Gasteiger partial charge in [0.05, 0.1) is 29.9 Å². The first-order valence-corrected chi connectivity index (χ1v) is 11.7. The summed E-state index contributed by atoms with van der Waals surface area (Å²) >= 11 is 0. The first-order chi connectivity index (χ1) is 15.4. The molecule has 0 aliphatic carbocycles. The van der Waals surface area contributed by atoms with Crippen LogP contribution >= 0.6 is 0 Å². The van der Waals surface area contributed by atoms with Crippen molar-refractivity contribution in [1.82, 2.24) is 14.1 Å². The first-order valence-electron chi connectivity index (χ1n) is 10.2. The molecule has 9 nitrogen and oxygen atoms in total. The molecule has 0 radical (unpaired) electrons. The van der Waals surface area contributed by atoms with Gasteiger partial charge in [0, 0.05) is 25.4 Å². The van der Waals surface area contributed by atoms with Gasteiger partial charge in [0.2, 0.25) is 15.9 Å². The number of sulfonamides is 1. The van der Waals surface area contributed by atoms with E-state index in [1.54, 1.807) is 30.8 Å². The molecule has 1 aromatic heterocycles. The third-order valence-corrected chi connectivity index (χ3v) is 6.87. The summed E-state index contributed by atoms with van der Waals surface area (Å²) in [6.07, 6.45) is 1.79. The second kappa shape index (κ2) is 10.3. The molecule has 2 aromatic carbocycles. The van der Waals surface area contributed by atoms with E-state index in [2.05, 4.69) is 15.7 Å². The Labute approximate surface area is 188 Å². The third kappa shape index (κ3) is 5.27. The quantitative estimate of drug-likeness (QED) is 0.485. The van der Waals surface area contributed by atoms with Crippen molar-refractivity contribution in [2.45, 2.75) is 18.7 Å². The van der Waals surface area contributed by atoms with Crippen molar-refractivity contribution in [3.8, 4) is 11.4 Å². The number of anilines is 2. The highest BCUT2D eigenvalue weighted by atomic mass is 32.2. The summed E-state index contributed by atoms with van der Waals surface area (Å²) in [6.45, 7) is 4.20. The maximum Gasteiger partial charge on any atom is 0.243 e. The fraction of sp³-hybridized carbons (Fsp3) is 0.273. The molecular formula is C22H27N5O4S. The molecule has 0 fully saturated rings. The van der Waals surface area contributed by atoms with E-state index in [-0.39, 0.29) is 23.0 Å². The second-order valence-corrected chi connectivity index (χ2v) is 8.77. The fourth-order valence-corrected chi connectivity index (χ4v) is 4.65. The Morgan fingerprint density at radius 1 is 1.09 bits per heavy atom. The lowest BCUT2D eigenvalue weighted by molar-refractivity contribution is -0.114. The molecule has 0 saturated carbocycles. The predicted molar refractivity (Wildman–Crippen MR) is 124 cm³/mol. The van der Waals surface area contributed by atoms with E-state index in [0.29, 0.717) is 24.7 Å². The molecule has 3 aromatic rings. The molecule has 2 N–H and O–H groups in total. The lowest BCUT2D eigenvalue weighted by atomic mass is 10.3. The largest absolute Gasteiger partial charge is 0.495 e.